The molecule has 2 amide bonds. The van der Waals surface area contributed by atoms with E-state index in [1.807, 2.05) is 0 Å². The van der Waals surface area contributed by atoms with Gasteiger partial charge in [0.05, 0.1) is 10.0 Å². The number of nitrogens with zero attached hydrogens (tertiary/aromatic N) is 1. The van der Waals surface area contributed by atoms with Gasteiger partial charge in [0.1, 0.15) is 0 Å². The molecule has 0 heterocycles. The monoisotopic (exact) mass is 330 g/mol. The fraction of sp³-hybridized carbons (Fsp3) is 0.467. The van der Waals surface area contributed by atoms with Crippen LogP contribution in [0.3, 0.4) is 0 Å². The number of carbonyl (C=O) groups excluding carboxylic acids is 2. The van der Waals surface area contributed by atoms with Gasteiger partial charge >= 0.3 is 0 Å². The minimum absolute atomic E-state index is 0.00853. The second-order valence-corrected chi connectivity index (χ2v) is 5.60. The number of rotatable bonds is 7. The maximum Gasteiger partial charge on any atom is 0.226 e. The third kappa shape index (κ3) is 6.36. The zero-order valence-corrected chi connectivity index (χ0v) is 13.8. The molecule has 0 fully saturated rings. The van der Waals surface area contributed by atoms with Crippen LogP contribution < -0.4 is 5.32 Å². The summed E-state index contributed by atoms with van der Waals surface area (Å²) in [4.78, 5) is 25.0. The van der Waals surface area contributed by atoms with Crippen LogP contribution in [0.4, 0.5) is 5.69 Å². The van der Waals surface area contributed by atoms with Crippen LogP contribution in [0, 0.1) is 0 Å². The van der Waals surface area contributed by atoms with E-state index in [-0.39, 0.29) is 18.2 Å². The smallest absolute Gasteiger partial charge is 0.226 e. The Labute approximate surface area is 135 Å². The van der Waals surface area contributed by atoms with Crippen molar-refractivity contribution in [2.45, 2.75) is 33.1 Å². The van der Waals surface area contributed by atoms with Gasteiger partial charge < -0.3 is 10.2 Å². The van der Waals surface area contributed by atoms with E-state index in [4.69, 9.17) is 23.2 Å². The SMILES string of the molecule is CCCCN(CCC(=O)Nc1ccc(Cl)c(Cl)c1)C(C)=O. The molecule has 0 bridgehead atoms. The van der Waals surface area contributed by atoms with E-state index in [1.165, 1.54) is 6.92 Å². The van der Waals surface area contributed by atoms with E-state index < -0.39 is 0 Å². The Morgan fingerprint density at radius 3 is 2.48 bits per heavy atom. The second-order valence-electron chi connectivity index (χ2n) is 4.79. The molecule has 0 saturated carbocycles. The van der Waals surface area contributed by atoms with Gasteiger partial charge in [-0.3, -0.25) is 9.59 Å². The molecule has 0 aromatic heterocycles. The molecule has 0 atom stereocenters. The first kappa shape index (κ1) is 17.8. The molecule has 0 spiro atoms. The highest BCUT2D eigenvalue weighted by Crippen LogP contribution is 2.25. The van der Waals surface area contributed by atoms with Crippen molar-refractivity contribution in [1.29, 1.82) is 0 Å². The minimum Gasteiger partial charge on any atom is -0.342 e. The number of halogens is 2. The standard InChI is InChI=1S/C15H20Cl2N2O2/c1-3-4-8-19(11(2)20)9-7-15(21)18-12-5-6-13(16)14(17)10-12/h5-6,10H,3-4,7-9H2,1-2H3,(H,18,21). The Balaban J connectivity index is 2.48. The second kappa shape index (κ2) is 8.90. The molecule has 0 aliphatic rings. The molecular weight excluding hydrogens is 311 g/mol. The number of hydrogen-bond donors (Lipinski definition) is 1. The van der Waals surface area contributed by atoms with Gasteiger partial charge in [0.15, 0.2) is 0 Å². The summed E-state index contributed by atoms with van der Waals surface area (Å²) in [5.41, 5.74) is 0.595. The lowest BCUT2D eigenvalue weighted by molar-refractivity contribution is -0.129. The van der Waals surface area contributed by atoms with E-state index in [0.717, 1.165) is 12.8 Å². The van der Waals surface area contributed by atoms with Crippen molar-refractivity contribution >= 4 is 40.7 Å². The Hall–Kier alpha value is -1.26. The summed E-state index contributed by atoms with van der Waals surface area (Å²) in [6.07, 6.45) is 2.21. The number of unbranched alkanes of at least 4 members (excludes halogenated alkanes) is 1. The molecule has 0 aliphatic heterocycles. The molecule has 1 rings (SSSR count). The summed E-state index contributed by atoms with van der Waals surface area (Å²) in [5.74, 6) is -0.165. The van der Waals surface area contributed by atoms with Crippen LogP contribution in [0.25, 0.3) is 0 Å². The van der Waals surface area contributed by atoms with Gasteiger partial charge in [0.2, 0.25) is 11.8 Å². The van der Waals surface area contributed by atoms with Crippen LogP contribution in [0.2, 0.25) is 10.0 Å². The number of anilines is 1. The number of hydrogen-bond acceptors (Lipinski definition) is 2. The van der Waals surface area contributed by atoms with Gasteiger partial charge in [-0.15, -0.1) is 0 Å². The minimum atomic E-state index is -0.156. The summed E-state index contributed by atoms with van der Waals surface area (Å²) in [5, 5.41) is 3.57. The summed E-state index contributed by atoms with van der Waals surface area (Å²) < 4.78 is 0. The molecule has 1 N–H and O–H groups in total. The fourth-order valence-corrected chi connectivity index (χ4v) is 2.11. The lowest BCUT2D eigenvalue weighted by Gasteiger charge is -2.20. The Bertz CT molecular complexity index is 506. The van der Waals surface area contributed by atoms with E-state index in [1.54, 1.807) is 23.1 Å². The van der Waals surface area contributed by atoms with Gasteiger partial charge in [-0.2, -0.15) is 0 Å². The molecule has 1 aromatic rings. The van der Waals surface area contributed by atoms with Crippen molar-refractivity contribution < 1.29 is 9.59 Å². The number of amides is 2. The van der Waals surface area contributed by atoms with Crippen LogP contribution in [0.15, 0.2) is 18.2 Å². The quantitative estimate of drug-likeness (QED) is 0.822. The van der Waals surface area contributed by atoms with Gasteiger partial charge in [-0.1, -0.05) is 36.5 Å². The van der Waals surface area contributed by atoms with Gasteiger partial charge in [-0.05, 0) is 24.6 Å². The van der Waals surface area contributed by atoms with E-state index in [0.29, 0.717) is 28.8 Å². The summed E-state index contributed by atoms with van der Waals surface area (Å²) in [7, 11) is 0. The molecule has 1 aromatic carbocycles. The highest BCUT2D eigenvalue weighted by molar-refractivity contribution is 6.42. The normalized spacial score (nSPS) is 10.3. The Kier molecular flexibility index (Phi) is 7.54. The number of benzene rings is 1. The maximum absolute atomic E-state index is 11.9. The van der Waals surface area contributed by atoms with E-state index in [9.17, 15) is 9.59 Å². The predicted octanol–water partition coefficient (Wildman–Crippen LogP) is 3.97. The molecule has 0 radical (unpaired) electrons. The molecule has 0 saturated heterocycles. The zero-order valence-electron chi connectivity index (χ0n) is 12.3. The van der Waals surface area contributed by atoms with Crippen molar-refractivity contribution in [1.82, 2.24) is 4.90 Å². The first-order valence-electron chi connectivity index (χ1n) is 6.94. The third-order valence-corrected chi connectivity index (χ3v) is 3.78. The van der Waals surface area contributed by atoms with Crippen molar-refractivity contribution in [2.24, 2.45) is 0 Å². The fourth-order valence-electron chi connectivity index (χ4n) is 1.81. The largest absolute Gasteiger partial charge is 0.342 e. The Morgan fingerprint density at radius 1 is 1.19 bits per heavy atom. The number of nitrogens with one attached hydrogen (secondary N) is 1. The van der Waals surface area contributed by atoms with Crippen LogP contribution in [-0.2, 0) is 9.59 Å². The lowest BCUT2D eigenvalue weighted by Crippen LogP contribution is -2.32. The van der Waals surface area contributed by atoms with Crippen LogP contribution in [-0.4, -0.2) is 29.8 Å². The molecular formula is C15H20Cl2N2O2. The summed E-state index contributed by atoms with van der Waals surface area (Å²) >= 11 is 11.7. The van der Waals surface area contributed by atoms with E-state index >= 15 is 0 Å². The molecule has 4 nitrogen and oxygen atoms in total. The summed E-state index contributed by atoms with van der Waals surface area (Å²) in [6.45, 7) is 4.69. The van der Waals surface area contributed by atoms with Gasteiger partial charge in [-0.25, -0.2) is 0 Å². The molecule has 0 aliphatic carbocycles. The molecule has 21 heavy (non-hydrogen) atoms. The lowest BCUT2D eigenvalue weighted by atomic mass is 10.2. The molecule has 116 valence electrons. The zero-order chi connectivity index (χ0) is 15.8. The maximum atomic E-state index is 11.9. The van der Waals surface area contributed by atoms with Crippen LogP contribution >= 0.6 is 23.2 Å². The van der Waals surface area contributed by atoms with Crippen molar-refractivity contribution in [2.75, 3.05) is 18.4 Å². The third-order valence-electron chi connectivity index (χ3n) is 3.04. The first-order chi connectivity index (χ1) is 9.93. The van der Waals surface area contributed by atoms with Crippen LogP contribution in [0.1, 0.15) is 33.1 Å². The van der Waals surface area contributed by atoms with Crippen molar-refractivity contribution in [3.05, 3.63) is 28.2 Å². The first-order valence-corrected chi connectivity index (χ1v) is 7.70. The topological polar surface area (TPSA) is 49.4 Å². The highest BCUT2D eigenvalue weighted by Gasteiger charge is 2.11. The van der Waals surface area contributed by atoms with Crippen molar-refractivity contribution in [3.8, 4) is 0 Å². The molecule has 6 heteroatoms. The Morgan fingerprint density at radius 2 is 1.90 bits per heavy atom. The van der Waals surface area contributed by atoms with Gasteiger partial charge in [0.25, 0.3) is 0 Å². The van der Waals surface area contributed by atoms with E-state index in [2.05, 4.69) is 12.2 Å². The van der Waals surface area contributed by atoms with Crippen molar-refractivity contribution in [3.63, 3.8) is 0 Å². The number of carbonyl (C=O) groups is 2. The van der Waals surface area contributed by atoms with Crippen LogP contribution in [0.5, 0.6) is 0 Å². The average Bonchev–Trinajstić information content (AvgIpc) is 2.42. The highest BCUT2D eigenvalue weighted by atomic mass is 35.5. The average molecular weight is 331 g/mol. The predicted molar refractivity (Wildman–Crippen MR) is 86.9 cm³/mol. The van der Waals surface area contributed by atoms with Gasteiger partial charge in [0, 0.05) is 32.1 Å². The molecule has 0 unspecified atom stereocenters. The summed E-state index contributed by atoms with van der Waals surface area (Å²) in [6, 6.07) is 4.91.